The number of thioether (sulfide) groups is 1. The van der Waals surface area contributed by atoms with Gasteiger partial charge in [-0.3, -0.25) is 0 Å². The lowest BCUT2D eigenvalue weighted by Crippen LogP contribution is -2.50. The van der Waals surface area contributed by atoms with Crippen molar-refractivity contribution in [2.24, 2.45) is 11.7 Å². The Bertz CT molecular complexity index is 379. The average Bonchev–Trinajstić information content (AvgIpc) is 2.27. The third kappa shape index (κ3) is 2.60. The highest BCUT2D eigenvalue weighted by molar-refractivity contribution is 7.98. The van der Waals surface area contributed by atoms with Crippen LogP contribution in [0.3, 0.4) is 0 Å². The molecule has 1 nitrogen and oxygen atoms in total. The van der Waals surface area contributed by atoms with E-state index in [-0.39, 0.29) is 5.41 Å². The maximum absolute atomic E-state index is 6.51. The lowest BCUT2D eigenvalue weighted by molar-refractivity contribution is 0.178. The van der Waals surface area contributed by atoms with E-state index in [1.807, 2.05) is 0 Å². The van der Waals surface area contributed by atoms with Crippen LogP contribution in [0.15, 0.2) is 29.2 Å². The molecule has 0 aliphatic heterocycles. The minimum absolute atomic E-state index is 0.265. The summed E-state index contributed by atoms with van der Waals surface area (Å²) < 4.78 is 0. The molecule has 1 aromatic rings. The first-order chi connectivity index (χ1) is 8.58. The largest absolute Gasteiger partial charge is 0.327 e. The first-order valence-electron chi connectivity index (χ1n) is 6.98. The third-order valence-electron chi connectivity index (χ3n) is 4.35. The molecule has 1 atom stereocenters. The highest BCUT2D eigenvalue weighted by Gasteiger charge is 2.43. The van der Waals surface area contributed by atoms with Crippen LogP contribution in [0.5, 0.6) is 0 Å². The highest BCUT2D eigenvalue weighted by atomic mass is 32.2. The van der Waals surface area contributed by atoms with E-state index in [0.29, 0.717) is 12.0 Å². The Balaban J connectivity index is 2.20. The molecule has 18 heavy (non-hydrogen) atoms. The molecule has 2 rings (SSSR count). The highest BCUT2D eigenvalue weighted by Crippen LogP contribution is 2.47. The molecule has 0 saturated heterocycles. The van der Waals surface area contributed by atoms with Crippen LogP contribution >= 0.6 is 11.8 Å². The molecule has 2 N–H and O–H groups in total. The predicted octanol–water partition coefficient (Wildman–Crippen LogP) is 4.20. The first-order valence-corrected chi connectivity index (χ1v) is 8.21. The quantitative estimate of drug-likeness (QED) is 0.806. The molecular formula is C16H25NS. The SMILES string of the molecule is CSc1ccc(C2(C(N)CC(C)C)CCC2)cc1. The molecule has 1 fully saturated rings. The molecular weight excluding hydrogens is 238 g/mol. The smallest absolute Gasteiger partial charge is 0.0139 e. The van der Waals surface area contributed by atoms with Crippen LogP contribution in [0.2, 0.25) is 0 Å². The molecule has 0 heterocycles. The number of nitrogens with two attached hydrogens (primary N) is 1. The van der Waals surface area contributed by atoms with Crippen molar-refractivity contribution < 1.29 is 0 Å². The normalized spacial score (nSPS) is 19.6. The molecule has 100 valence electrons. The van der Waals surface area contributed by atoms with Crippen molar-refractivity contribution in [3.8, 4) is 0 Å². The van der Waals surface area contributed by atoms with Gasteiger partial charge in [0.05, 0.1) is 0 Å². The fourth-order valence-electron chi connectivity index (χ4n) is 3.09. The van der Waals surface area contributed by atoms with Gasteiger partial charge in [-0.1, -0.05) is 32.4 Å². The maximum atomic E-state index is 6.51. The van der Waals surface area contributed by atoms with E-state index in [2.05, 4.69) is 44.4 Å². The topological polar surface area (TPSA) is 26.0 Å². The zero-order valence-electron chi connectivity index (χ0n) is 11.8. The zero-order chi connectivity index (χ0) is 13.2. The molecule has 0 radical (unpaired) electrons. The van der Waals surface area contributed by atoms with E-state index in [1.165, 1.54) is 29.7 Å². The van der Waals surface area contributed by atoms with Gasteiger partial charge in [0.25, 0.3) is 0 Å². The molecule has 1 aliphatic carbocycles. The minimum atomic E-state index is 0.265. The van der Waals surface area contributed by atoms with Gasteiger partial charge < -0.3 is 5.73 Å². The van der Waals surface area contributed by atoms with E-state index in [0.717, 1.165) is 6.42 Å². The molecule has 0 spiro atoms. The summed E-state index contributed by atoms with van der Waals surface area (Å²) in [5.74, 6) is 0.683. The van der Waals surface area contributed by atoms with E-state index < -0.39 is 0 Å². The van der Waals surface area contributed by atoms with E-state index >= 15 is 0 Å². The number of hydrogen-bond donors (Lipinski definition) is 1. The van der Waals surface area contributed by atoms with Crippen molar-refractivity contribution in [1.29, 1.82) is 0 Å². The van der Waals surface area contributed by atoms with Gasteiger partial charge in [0.1, 0.15) is 0 Å². The monoisotopic (exact) mass is 263 g/mol. The summed E-state index contributed by atoms with van der Waals surface area (Å²) in [6.45, 7) is 4.53. The zero-order valence-corrected chi connectivity index (χ0v) is 12.6. The second-order valence-electron chi connectivity index (χ2n) is 5.97. The van der Waals surface area contributed by atoms with Crippen molar-refractivity contribution in [2.45, 2.75) is 55.9 Å². The van der Waals surface area contributed by atoms with Crippen molar-refractivity contribution in [2.75, 3.05) is 6.26 Å². The van der Waals surface area contributed by atoms with E-state index in [9.17, 15) is 0 Å². The molecule has 1 saturated carbocycles. The van der Waals surface area contributed by atoms with Crippen LogP contribution in [0.25, 0.3) is 0 Å². The maximum Gasteiger partial charge on any atom is 0.0139 e. The van der Waals surface area contributed by atoms with Gasteiger partial charge in [0.15, 0.2) is 0 Å². The summed E-state index contributed by atoms with van der Waals surface area (Å²) in [6.07, 6.45) is 7.11. The molecule has 0 aromatic heterocycles. The molecule has 1 unspecified atom stereocenters. The van der Waals surface area contributed by atoms with Crippen LogP contribution in [0.4, 0.5) is 0 Å². The van der Waals surface area contributed by atoms with Crippen LogP contribution in [0.1, 0.15) is 45.1 Å². The first kappa shape index (κ1) is 14.0. The standard InChI is InChI=1S/C16H25NS/c1-12(2)11-15(17)16(9-4-10-16)13-5-7-14(18-3)8-6-13/h5-8,12,15H,4,9-11,17H2,1-3H3. The fourth-order valence-corrected chi connectivity index (χ4v) is 3.50. The molecule has 0 bridgehead atoms. The lowest BCUT2D eigenvalue weighted by Gasteiger charge is -2.47. The van der Waals surface area contributed by atoms with Crippen molar-refractivity contribution in [3.05, 3.63) is 29.8 Å². The Morgan fingerprint density at radius 3 is 2.22 bits per heavy atom. The Labute approximate surface area is 116 Å². The second-order valence-corrected chi connectivity index (χ2v) is 6.85. The molecule has 2 heteroatoms. The summed E-state index contributed by atoms with van der Waals surface area (Å²) in [5, 5.41) is 0. The molecule has 0 amide bonds. The predicted molar refractivity (Wildman–Crippen MR) is 81.2 cm³/mol. The molecule has 1 aliphatic rings. The summed E-state index contributed by atoms with van der Waals surface area (Å²) in [4.78, 5) is 1.34. The van der Waals surface area contributed by atoms with Crippen LogP contribution in [-0.4, -0.2) is 12.3 Å². The Hall–Kier alpha value is -0.470. The third-order valence-corrected chi connectivity index (χ3v) is 5.09. The van der Waals surface area contributed by atoms with E-state index in [1.54, 1.807) is 11.8 Å². The van der Waals surface area contributed by atoms with Gasteiger partial charge in [0, 0.05) is 16.4 Å². The molecule has 1 aromatic carbocycles. The van der Waals surface area contributed by atoms with Crippen molar-refractivity contribution >= 4 is 11.8 Å². The van der Waals surface area contributed by atoms with E-state index in [4.69, 9.17) is 5.73 Å². The van der Waals surface area contributed by atoms with Crippen LogP contribution < -0.4 is 5.73 Å². The van der Waals surface area contributed by atoms with Crippen molar-refractivity contribution in [1.82, 2.24) is 0 Å². The summed E-state index contributed by atoms with van der Waals surface area (Å²) in [7, 11) is 0. The summed E-state index contributed by atoms with van der Waals surface area (Å²) in [6, 6.07) is 9.38. The van der Waals surface area contributed by atoms with Gasteiger partial charge in [0.2, 0.25) is 0 Å². The Morgan fingerprint density at radius 2 is 1.83 bits per heavy atom. The minimum Gasteiger partial charge on any atom is -0.327 e. The number of rotatable bonds is 5. The second kappa shape index (κ2) is 5.66. The number of benzene rings is 1. The average molecular weight is 263 g/mol. The lowest BCUT2D eigenvalue weighted by atomic mass is 9.59. The van der Waals surface area contributed by atoms with Gasteiger partial charge in [-0.25, -0.2) is 0 Å². The van der Waals surface area contributed by atoms with Gasteiger partial charge in [-0.15, -0.1) is 11.8 Å². The fraction of sp³-hybridized carbons (Fsp3) is 0.625. The summed E-state index contributed by atoms with van der Waals surface area (Å²) in [5.41, 5.74) is 8.24. The summed E-state index contributed by atoms with van der Waals surface area (Å²) >= 11 is 1.80. The van der Waals surface area contributed by atoms with Gasteiger partial charge in [-0.2, -0.15) is 0 Å². The van der Waals surface area contributed by atoms with Crippen LogP contribution in [-0.2, 0) is 5.41 Å². The Kier molecular flexibility index (Phi) is 4.39. The van der Waals surface area contributed by atoms with Gasteiger partial charge in [-0.05, 0) is 49.1 Å². The number of hydrogen-bond acceptors (Lipinski definition) is 2. The Morgan fingerprint density at radius 1 is 1.22 bits per heavy atom. The van der Waals surface area contributed by atoms with Crippen LogP contribution in [0, 0.1) is 5.92 Å². The van der Waals surface area contributed by atoms with Gasteiger partial charge >= 0.3 is 0 Å². The van der Waals surface area contributed by atoms with Crippen molar-refractivity contribution in [3.63, 3.8) is 0 Å².